The molecule has 1 aromatic rings. The molecular formula is C14H17BrFNO. The van der Waals surface area contributed by atoms with Crippen molar-refractivity contribution in [1.29, 1.82) is 0 Å². The van der Waals surface area contributed by atoms with Gasteiger partial charge in [-0.2, -0.15) is 0 Å². The summed E-state index contributed by atoms with van der Waals surface area (Å²) in [7, 11) is 0. The number of rotatable bonds is 2. The highest BCUT2D eigenvalue weighted by Gasteiger charge is 2.36. The number of hydrogen-bond acceptors (Lipinski definition) is 2. The first-order valence-electron chi connectivity index (χ1n) is 6.54. The van der Waals surface area contributed by atoms with Crippen molar-refractivity contribution in [2.24, 2.45) is 0 Å². The summed E-state index contributed by atoms with van der Waals surface area (Å²) in [5.74, 6) is -0.177. The normalized spacial score (nSPS) is 28.3. The van der Waals surface area contributed by atoms with Crippen molar-refractivity contribution in [1.82, 2.24) is 4.90 Å². The van der Waals surface area contributed by atoms with Gasteiger partial charge in [0.1, 0.15) is 5.82 Å². The topological polar surface area (TPSA) is 12.5 Å². The zero-order valence-corrected chi connectivity index (χ0v) is 11.8. The Morgan fingerprint density at radius 1 is 1.39 bits per heavy atom. The lowest BCUT2D eigenvalue weighted by Gasteiger charge is -2.37. The van der Waals surface area contributed by atoms with E-state index in [2.05, 4.69) is 20.8 Å². The van der Waals surface area contributed by atoms with E-state index in [9.17, 15) is 4.39 Å². The van der Waals surface area contributed by atoms with E-state index in [0.29, 0.717) is 16.6 Å². The lowest BCUT2D eigenvalue weighted by Crippen LogP contribution is -2.47. The molecule has 2 atom stereocenters. The molecule has 0 N–H and O–H groups in total. The Kier molecular flexibility index (Phi) is 3.68. The molecule has 2 aliphatic rings. The van der Waals surface area contributed by atoms with Crippen molar-refractivity contribution in [2.75, 3.05) is 13.2 Å². The van der Waals surface area contributed by atoms with Crippen LogP contribution < -0.4 is 0 Å². The van der Waals surface area contributed by atoms with Crippen LogP contribution in [0.1, 0.15) is 24.8 Å². The molecule has 1 saturated heterocycles. The average Bonchev–Trinajstić information content (AvgIpc) is 2.84. The molecular weight excluding hydrogens is 297 g/mol. The first-order valence-corrected chi connectivity index (χ1v) is 7.33. The van der Waals surface area contributed by atoms with Gasteiger partial charge < -0.3 is 4.74 Å². The van der Waals surface area contributed by atoms with Crippen molar-refractivity contribution in [3.63, 3.8) is 0 Å². The Labute approximate surface area is 115 Å². The number of hydrogen-bond donors (Lipinski definition) is 0. The molecule has 0 radical (unpaired) electrons. The Morgan fingerprint density at radius 2 is 2.28 bits per heavy atom. The van der Waals surface area contributed by atoms with Crippen LogP contribution in [0, 0.1) is 5.82 Å². The SMILES string of the molecule is Fc1cccc(CN2CCOC3CCCC32)c1Br. The van der Waals surface area contributed by atoms with Crippen LogP contribution in [0.25, 0.3) is 0 Å². The molecule has 1 saturated carbocycles. The van der Waals surface area contributed by atoms with Gasteiger partial charge >= 0.3 is 0 Å². The van der Waals surface area contributed by atoms with E-state index < -0.39 is 0 Å². The molecule has 3 rings (SSSR count). The van der Waals surface area contributed by atoms with Crippen LogP contribution in [0.4, 0.5) is 4.39 Å². The van der Waals surface area contributed by atoms with Crippen molar-refractivity contribution in [3.05, 3.63) is 34.1 Å². The second-order valence-electron chi connectivity index (χ2n) is 5.09. The molecule has 2 nitrogen and oxygen atoms in total. The third kappa shape index (κ3) is 2.33. The average molecular weight is 314 g/mol. The van der Waals surface area contributed by atoms with Crippen LogP contribution in [-0.2, 0) is 11.3 Å². The maximum Gasteiger partial charge on any atom is 0.137 e. The van der Waals surface area contributed by atoms with Gasteiger partial charge in [-0.15, -0.1) is 0 Å². The Morgan fingerprint density at radius 3 is 3.17 bits per heavy atom. The van der Waals surface area contributed by atoms with Crippen LogP contribution >= 0.6 is 15.9 Å². The van der Waals surface area contributed by atoms with E-state index in [4.69, 9.17) is 4.74 Å². The van der Waals surface area contributed by atoms with Gasteiger partial charge in [0.2, 0.25) is 0 Å². The van der Waals surface area contributed by atoms with Crippen LogP contribution in [-0.4, -0.2) is 30.2 Å². The van der Waals surface area contributed by atoms with E-state index in [0.717, 1.165) is 25.3 Å². The van der Waals surface area contributed by atoms with Gasteiger partial charge in [0.25, 0.3) is 0 Å². The minimum atomic E-state index is -0.177. The van der Waals surface area contributed by atoms with E-state index >= 15 is 0 Å². The summed E-state index contributed by atoms with van der Waals surface area (Å²) in [6.07, 6.45) is 4.02. The van der Waals surface area contributed by atoms with Gasteiger partial charge in [0.05, 0.1) is 17.2 Å². The lowest BCUT2D eigenvalue weighted by atomic mass is 10.1. The van der Waals surface area contributed by atoms with Gasteiger partial charge in [-0.3, -0.25) is 4.90 Å². The zero-order chi connectivity index (χ0) is 12.5. The van der Waals surface area contributed by atoms with Crippen LogP contribution in [0.2, 0.25) is 0 Å². The van der Waals surface area contributed by atoms with Gasteiger partial charge in [-0.25, -0.2) is 4.39 Å². The van der Waals surface area contributed by atoms with Crippen molar-refractivity contribution < 1.29 is 9.13 Å². The van der Waals surface area contributed by atoms with E-state index in [1.54, 1.807) is 6.07 Å². The molecule has 0 bridgehead atoms. The number of morpholine rings is 1. The third-order valence-electron chi connectivity index (χ3n) is 4.00. The first-order chi connectivity index (χ1) is 8.75. The van der Waals surface area contributed by atoms with Gasteiger partial charge in [-0.1, -0.05) is 12.1 Å². The molecule has 2 fully saturated rings. The summed E-state index contributed by atoms with van der Waals surface area (Å²) in [5, 5.41) is 0. The van der Waals surface area contributed by atoms with E-state index in [1.165, 1.54) is 25.3 Å². The minimum absolute atomic E-state index is 0.177. The van der Waals surface area contributed by atoms with Crippen LogP contribution in [0.5, 0.6) is 0 Å². The predicted octanol–water partition coefficient (Wildman–Crippen LogP) is 3.34. The number of fused-ring (bicyclic) bond motifs is 1. The summed E-state index contributed by atoms with van der Waals surface area (Å²) in [6.45, 7) is 2.56. The lowest BCUT2D eigenvalue weighted by molar-refractivity contribution is -0.0589. The predicted molar refractivity (Wildman–Crippen MR) is 71.9 cm³/mol. The molecule has 1 aromatic carbocycles. The maximum atomic E-state index is 13.5. The second-order valence-corrected chi connectivity index (χ2v) is 5.88. The Hall–Kier alpha value is -0.450. The number of ether oxygens (including phenoxy) is 1. The molecule has 0 amide bonds. The van der Waals surface area contributed by atoms with E-state index in [1.807, 2.05) is 6.07 Å². The quantitative estimate of drug-likeness (QED) is 0.830. The van der Waals surface area contributed by atoms with Crippen LogP contribution in [0.3, 0.4) is 0 Å². The van der Waals surface area contributed by atoms with Crippen molar-refractivity contribution in [2.45, 2.75) is 38.0 Å². The Bertz CT molecular complexity index is 440. The maximum absolute atomic E-state index is 13.5. The fourth-order valence-corrected chi connectivity index (χ4v) is 3.48. The monoisotopic (exact) mass is 313 g/mol. The van der Waals surface area contributed by atoms with Crippen LogP contribution in [0.15, 0.2) is 22.7 Å². The summed E-state index contributed by atoms with van der Waals surface area (Å²) < 4.78 is 19.9. The molecule has 2 unspecified atom stereocenters. The summed E-state index contributed by atoms with van der Waals surface area (Å²) >= 11 is 3.35. The fourth-order valence-electron chi connectivity index (χ4n) is 3.09. The van der Waals surface area contributed by atoms with Crippen molar-refractivity contribution in [3.8, 4) is 0 Å². The van der Waals surface area contributed by atoms with Gasteiger partial charge in [0, 0.05) is 19.1 Å². The summed E-state index contributed by atoms with van der Waals surface area (Å²) in [4.78, 5) is 2.45. The molecule has 1 heterocycles. The standard InChI is InChI=1S/C14H17BrFNO/c15-14-10(3-1-4-11(14)16)9-17-7-8-18-13-6-2-5-12(13)17/h1,3-4,12-13H,2,5-9H2. The Balaban J connectivity index is 1.77. The molecule has 0 aromatic heterocycles. The first kappa shape index (κ1) is 12.6. The molecule has 1 aliphatic carbocycles. The summed E-state index contributed by atoms with van der Waals surface area (Å²) in [6, 6.07) is 5.79. The minimum Gasteiger partial charge on any atom is -0.375 e. The second kappa shape index (κ2) is 5.27. The molecule has 98 valence electrons. The fraction of sp³-hybridized carbons (Fsp3) is 0.571. The van der Waals surface area contributed by atoms with Gasteiger partial charge in [0.15, 0.2) is 0 Å². The smallest absolute Gasteiger partial charge is 0.137 e. The third-order valence-corrected chi connectivity index (χ3v) is 4.89. The highest BCUT2D eigenvalue weighted by molar-refractivity contribution is 9.10. The zero-order valence-electron chi connectivity index (χ0n) is 10.2. The molecule has 4 heteroatoms. The number of nitrogens with zero attached hydrogens (tertiary/aromatic N) is 1. The number of benzene rings is 1. The molecule has 18 heavy (non-hydrogen) atoms. The number of halogens is 2. The van der Waals surface area contributed by atoms with Crippen molar-refractivity contribution >= 4 is 15.9 Å². The summed E-state index contributed by atoms with van der Waals surface area (Å²) in [5.41, 5.74) is 1.03. The molecule has 0 spiro atoms. The molecule has 1 aliphatic heterocycles. The highest BCUT2D eigenvalue weighted by atomic mass is 79.9. The van der Waals surface area contributed by atoms with E-state index in [-0.39, 0.29) is 5.82 Å². The largest absolute Gasteiger partial charge is 0.375 e. The van der Waals surface area contributed by atoms with Gasteiger partial charge in [-0.05, 0) is 46.8 Å². The highest BCUT2D eigenvalue weighted by Crippen LogP contribution is 2.32.